The highest BCUT2D eigenvalue weighted by atomic mass is 19.1. The Kier molecular flexibility index (Phi) is 3.46. The molecule has 17 heavy (non-hydrogen) atoms. The number of nitrogens with two attached hydrogens (primary N) is 1. The first-order valence-electron chi connectivity index (χ1n) is 5.23. The molecule has 1 unspecified atom stereocenters. The van der Waals surface area contributed by atoms with Crippen LogP contribution in [0.15, 0.2) is 30.9 Å². The molecule has 0 aromatic carbocycles. The van der Waals surface area contributed by atoms with E-state index in [2.05, 4.69) is 15.5 Å². The van der Waals surface area contributed by atoms with Gasteiger partial charge in [-0.05, 0) is 18.1 Å². The van der Waals surface area contributed by atoms with Gasteiger partial charge in [-0.3, -0.25) is 20.9 Å². The molecule has 2 heterocycles. The van der Waals surface area contributed by atoms with E-state index >= 15 is 0 Å². The van der Waals surface area contributed by atoms with Gasteiger partial charge in [-0.25, -0.2) is 4.39 Å². The van der Waals surface area contributed by atoms with E-state index in [1.54, 1.807) is 23.1 Å². The Bertz CT molecular complexity index is 496. The molecule has 3 N–H and O–H groups in total. The molecule has 0 aliphatic rings. The number of pyridine rings is 1. The summed E-state index contributed by atoms with van der Waals surface area (Å²) < 4.78 is 15.3. The predicted molar refractivity (Wildman–Crippen MR) is 61.2 cm³/mol. The van der Waals surface area contributed by atoms with Gasteiger partial charge in [0, 0.05) is 25.0 Å². The second kappa shape index (κ2) is 5.03. The molecular formula is C11H14FN5. The van der Waals surface area contributed by atoms with Crippen LogP contribution in [0.25, 0.3) is 0 Å². The normalized spacial score (nSPS) is 12.6. The maximum absolute atomic E-state index is 13.6. The highest BCUT2D eigenvalue weighted by molar-refractivity contribution is 5.20. The van der Waals surface area contributed by atoms with Crippen LogP contribution in [-0.4, -0.2) is 14.8 Å². The Morgan fingerprint density at radius 2 is 2.35 bits per heavy atom. The summed E-state index contributed by atoms with van der Waals surface area (Å²) in [5, 5.41) is 4.06. The van der Waals surface area contributed by atoms with Crippen LogP contribution in [-0.2, 0) is 13.5 Å². The van der Waals surface area contributed by atoms with Crippen molar-refractivity contribution >= 4 is 0 Å². The van der Waals surface area contributed by atoms with Gasteiger partial charge in [0.2, 0.25) is 0 Å². The third-order valence-corrected chi connectivity index (χ3v) is 2.58. The molecule has 90 valence electrons. The van der Waals surface area contributed by atoms with Gasteiger partial charge in [0.15, 0.2) is 0 Å². The van der Waals surface area contributed by atoms with Crippen molar-refractivity contribution in [2.24, 2.45) is 12.9 Å². The lowest BCUT2D eigenvalue weighted by atomic mass is 10.0. The summed E-state index contributed by atoms with van der Waals surface area (Å²) in [6, 6.07) is 1.33. The Morgan fingerprint density at radius 1 is 1.53 bits per heavy atom. The molecule has 0 aliphatic heterocycles. The van der Waals surface area contributed by atoms with Crippen molar-refractivity contribution in [2.75, 3.05) is 0 Å². The molecule has 0 amide bonds. The number of halogens is 1. The number of hydrazine groups is 1. The predicted octanol–water partition coefficient (Wildman–Crippen LogP) is 0.701. The number of aryl methyl sites for hydroxylation is 1. The van der Waals surface area contributed by atoms with Gasteiger partial charge < -0.3 is 0 Å². The van der Waals surface area contributed by atoms with Gasteiger partial charge in [0.25, 0.3) is 0 Å². The molecule has 0 saturated carbocycles. The van der Waals surface area contributed by atoms with E-state index in [9.17, 15) is 4.39 Å². The van der Waals surface area contributed by atoms with Crippen LogP contribution in [0.5, 0.6) is 0 Å². The van der Waals surface area contributed by atoms with Crippen molar-refractivity contribution < 1.29 is 4.39 Å². The fourth-order valence-electron chi connectivity index (χ4n) is 1.74. The largest absolute Gasteiger partial charge is 0.276 e. The van der Waals surface area contributed by atoms with Crippen molar-refractivity contribution in [1.29, 1.82) is 0 Å². The minimum Gasteiger partial charge on any atom is -0.276 e. The van der Waals surface area contributed by atoms with Gasteiger partial charge in [-0.1, -0.05) is 0 Å². The standard InChI is InChI=1S/C11H14FN5/c1-17-7-8(5-15-17)4-11(16-13)9-2-3-14-6-10(9)12/h2-3,5-7,11,16H,4,13H2,1H3. The van der Waals surface area contributed by atoms with Gasteiger partial charge >= 0.3 is 0 Å². The van der Waals surface area contributed by atoms with E-state index in [0.717, 1.165) is 5.56 Å². The number of nitrogens with zero attached hydrogens (tertiary/aromatic N) is 3. The minimum absolute atomic E-state index is 0.290. The van der Waals surface area contributed by atoms with Crippen molar-refractivity contribution in [3.63, 3.8) is 0 Å². The molecule has 0 spiro atoms. The lowest BCUT2D eigenvalue weighted by Crippen LogP contribution is -2.30. The van der Waals surface area contributed by atoms with E-state index in [1.165, 1.54) is 6.20 Å². The van der Waals surface area contributed by atoms with Crippen LogP contribution in [0.1, 0.15) is 17.2 Å². The molecule has 6 heteroatoms. The van der Waals surface area contributed by atoms with Crippen LogP contribution in [0.4, 0.5) is 4.39 Å². The van der Waals surface area contributed by atoms with Crippen LogP contribution in [0, 0.1) is 5.82 Å². The van der Waals surface area contributed by atoms with E-state index in [0.29, 0.717) is 12.0 Å². The van der Waals surface area contributed by atoms with Crippen LogP contribution in [0.2, 0.25) is 0 Å². The molecule has 2 aromatic rings. The second-order valence-electron chi connectivity index (χ2n) is 3.84. The summed E-state index contributed by atoms with van der Waals surface area (Å²) in [4.78, 5) is 3.71. The average molecular weight is 235 g/mol. The number of nitrogens with one attached hydrogen (secondary N) is 1. The van der Waals surface area contributed by atoms with Crippen molar-refractivity contribution in [3.8, 4) is 0 Å². The van der Waals surface area contributed by atoms with Gasteiger partial charge in [0.1, 0.15) is 5.82 Å². The molecule has 2 aromatic heterocycles. The van der Waals surface area contributed by atoms with Crippen LogP contribution < -0.4 is 11.3 Å². The third kappa shape index (κ3) is 2.66. The maximum atomic E-state index is 13.6. The van der Waals surface area contributed by atoms with Crippen LogP contribution in [0.3, 0.4) is 0 Å². The molecule has 1 atom stereocenters. The summed E-state index contributed by atoms with van der Waals surface area (Å²) in [6.07, 6.45) is 6.92. The molecule has 0 bridgehead atoms. The Morgan fingerprint density at radius 3 is 2.94 bits per heavy atom. The number of rotatable bonds is 4. The molecule has 2 rings (SSSR count). The van der Waals surface area contributed by atoms with E-state index in [1.807, 2.05) is 13.2 Å². The Hall–Kier alpha value is -1.79. The van der Waals surface area contributed by atoms with Crippen LogP contribution >= 0.6 is 0 Å². The number of aromatic nitrogens is 3. The maximum Gasteiger partial charge on any atom is 0.146 e. The van der Waals surface area contributed by atoms with Crippen molar-refractivity contribution in [1.82, 2.24) is 20.2 Å². The molecular weight excluding hydrogens is 221 g/mol. The molecule has 0 fully saturated rings. The topological polar surface area (TPSA) is 68.8 Å². The Labute approximate surface area is 98.4 Å². The minimum atomic E-state index is -0.362. The molecule has 5 nitrogen and oxygen atoms in total. The molecule has 0 saturated heterocycles. The summed E-state index contributed by atoms with van der Waals surface area (Å²) in [5.74, 6) is 5.10. The van der Waals surface area contributed by atoms with Crippen molar-refractivity contribution in [3.05, 3.63) is 47.8 Å². The van der Waals surface area contributed by atoms with E-state index in [4.69, 9.17) is 5.84 Å². The fraction of sp³-hybridized carbons (Fsp3) is 0.273. The quantitative estimate of drug-likeness (QED) is 0.604. The lowest BCUT2D eigenvalue weighted by Gasteiger charge is -2.15. The van der Waals surface area contributed by atoms with Crippen molar-refractivity contribution in [2.45, 2.75) is 12.5 Å². The number of hydrogen-bond acceptors (Lipinski definition) is 4. The van der Waals surface area contributed by atoms with Gasteiger partial charge in [0.05, 0.1) is 18.4 Å². The SMILES string of the molecule is Cn1cc(CC(NN)c2ccncc2F)cn1. The summed E-state index contributed by atoms with van der Waals surface area (Å²) in [5.41, 5.74) is 4.11. The third-order valence-electron chi connectivity index (χ3n) is 2.58. The van der Waals surface area contributed by atoms with E-state index < -0.39 is 0 Å². The monoisotopic (exact) mass is 235 g/mol. The lowest BCUT2D eigenvalue weighted by molar-refractivity contribution is 0.508. The molecule has 0 aliphatic carbocycles. The summed E-state index contributed by atoms with van der Waals surface area (Å²) in [7, 11) is 1.83. The molecule has 0 radical (unpaired) electrons. The second-order valence-corrected chi connectivity index (χ2v) is 3.84. The highest BCUT2D eigenvalue weighted by Gasteiger charge is 2.15. The van der Waals surface area contributed by atoms with Gasteiger partial charge in [-0.2, -0.15) is 5.10 Å². The summed E-state index contributed by atoms with van der Waals surface area (Å²) in [6.45, 7) is 0. The zero-order valence-corrected chi connectivity index (χ0v) is 9.47. The Balaban J connectivity index is 2.20. The first-order valence-corrected chi connectivity index (χ1v) is 5.23. The summed E-state index contributed by atoms with van der Waals surface area (Å²) >= 11 is 0. The fourth-order valence-corrected chi connectivity index (χ4v) is 1.74. The zero-order valence-electron chi connectivity index (χ0n) is 9.47. The first-order chi connectivity index (χ1) is 8.20. The van der Waals surface area contributed by atoms with E-state index in [-0.39, 0.29) is 11.9 Å². The van der Waals surface area contributed by atoms with Gasteiger partial charge in [-0.15, -0.1) is 0 Å². The zero-order chi connectivity index (χ0) is 12.3. The highest BCUT2D eigenvalue weighted by Crippen LogP contribution is 2.19. The first kappa shape index (κ1) is 11.7. The smallest absolute Gasteiger partial charge is 0.146 e. The average Bonchev–Trinajstić information content (AvgIpc) is 2.73. The number of hydrogen-bond donors (Lipinski definition) is 2.